The second-order valence-corrected chi connectivity index (χ2v) is 5.50. The molecule has 1 aliphatic rings. The van der Waals surface area contributed by atoms with Crippen molar-refractivity contribution in [2.24, 2.45) is 4.99 Å². The fraction of sp³-hybridized carbons (Fsp3) is 0.300. The number of aryl methyl sites for hydroxylation is 1. The number of rotatable bonds is 1. The monoisotopic (exact) mass is 308 g/mol. The summed E-state index contributed by atoms with van der Waals surface area (Å²) >= 11 is 0. The van der Waals surface area contributed by atoms with Gasteiger partial charge in [-0.1, -0.05) is 38.1 Å². The third kappa shape index (κ3) is 2.91. The molecule has 0 spiro atoms. The van der Waals surface area contributed by atoms with Crippen LogP contribution in [0.3, 0.4) is 0 Å². The van der Waals surface area contributed by atoms with Gasteiger partial charge in [0.1, 0.15) is 5.84 Å². The molecule has 0 fully saturated rings. The van der Waals surface area contributed by atoms with Crippen LogP contribution in [-0.2, 0) is 0 Å². The summed E-state index contributed by atoms with van der Waals surface area (Å²) in [5.41, 5.74) is 6.21. The van der Waals surface area contributed by atoms with Crippen LogP contribution in [0.15, 0.2) is 41.4 Å². The largest absolute Gasteiger partial charge is 0.295 e. The number of carbonyl (C=O) groups excluding carboxylic acids is 1. The van der Waals surface area contributed by atoms with Gasteiger partial charge in [-0.2, -0.15) is 0 Å². The SMILES string of the molecule is CC.Cc1ccc(N=C2c3ccccc3C(=O)N2C)c(C)c1C. The molecule has 1 amide bonds. The van der Waals surface area contributed by atoms with Crippen LogP contribution in [0.4, 0.5) is 5.69 Å². The highest BCUT2D eigenvalue weighted by molar-refractivity contribution is 6.23. The molecule has 1 heterocycles. The van der Waals surface area contributed by atoms with Gasteiger partial charge < -0.3 is 0 Å². The Labute approximate surface area is 138 Å². The van der Waals surface area contributed by atoms with Crippen LogP contribution < -0.4 is 0 Å². The molecule has 3 nitrogen and oxygen atoms in total. The lowest BCUT2D eigenvalue weighted by molar-refractivity contribution is 0.0882. The zero-order valence-corrected chi connectivity index (χ0v) is 14.8. The van der Waals surface area contributed by atoms with E-state index < -0.39 is 0 Å². The van der Waals surface area contributed by atoms with E-state index in [2.05, 4.69) is 26.8 Å². The van der Waals surface area contributed by atoms with Crippen LogP contribution in [-0.4, -0.2) is 23.7 Å². The third-order valence-corrected chi connectivity index (χ3v) is 4.28. The number of amidine groups is 1. The summed E-state index contributed by atoms with van der Waals surface area (Å²) < 4.78 is 0. The minimum atomic E-state index is 0.00540. The van der Waals surface area contributed by atoms with Crippen molar-refractivity contribution in [2.75, 3.05) is 7.05 Å². The summed E-state index contributed by atoms with van der Waals surface area (Å²) in [5.74, 6) is 0.729. The maximum Gasteiger partial charge on any atom is 0.259 e. The number of fused-ring (bicyclic) bond motifs is 1. The van der Waals surface area contributed by atoms with Crippen molar-refractivity contribution in [3.8, 4) is 0 Å². The van der Waals surface area contributed by atoms with Gasteiger partial charge in [0.2, 0.25) is 0 Å². The standard InChI is InChI=1S/C18H18N2O.C2H6/c1-11-9-10-16(13(3)12(11)2)19-17-14-7-5-6-8-15(14)18(21)20(17)4;1-2/h5-10H,1-4H3;1-2H3. The van der Waals surface area contributed by atoms with E-state index >= 15 is 0 Å². The Balaban J connectivity index is 0.000000924. The molecule has 0 saturated carbocycles. The Hall–Kier alpha value is -2.42. The molecule has 0 radical (unpaired) electrons. The fourth-order valence-corrected chi connectivity index (χ4v) is 2.63. The molecule has 0 aromatic heterocycles. The van der Waals surface area contributed by atoms with E-state index in [9.17, 15) is 4.79 Å². The maximum atomic E-state index is 12.2. The van der Waals surface area contributed by atoms with Crippen molar-refractivity contribution >= 4 is 17.4 Å². The number of hydrogen-bond donors (Lipinski definition) is 0. The Morgan fingerprint density at radius 3 is 2.13 bits per heavy atom. The zero-order valence-electron chi connectivity index (χ0n) is 14.8. The minimum absolute atomic E-state index is 0.00540. The molecule has 2 aromatic rings. The van der Waals surface area contributed by atoms with Gasteiger partial charge in [-0.15, -0.1) is 0 Å². The number of hydrogen-bond acceptors (Lipinski definition) is 2. The van der Waals surface area contributed by atoms with Crippen molar-refractivity contribution in [1.82, 2.24) is 4.90 Å². The van der Waals surface area contributed by atoms with Crippen molar-refractivity contribution < 1.29 is 4.79 Å². The summed E-state index contributed by atoms with van der Waals surface area (Å²) in [6, 6.07) is 11.7. The summed E-state index contributed by atoms with van der Waals surface area (Å²) in [6.07, 6.45) is 0. The van der Waals surface area contributed by atoms with E-state index in [0.29, 0.717) is 0 Å². The number of carbonyl (C=O) groups is 1. The van der Waals surface area contributed by atoms with E-state index in [4.69, 9.17) is 4.99 Å². The molecule has 120 valence electrons. The molecule has 0 saturated heterocycles. The van der Waals surface area contributed by atoms with Crippen LogP contribution in [0.1, 0.15) is 46.5 Å². The lowest BCUT2D eigenvalue weighted by Crippen LogP contribution is -2.25. The summed E-state index contributed by atoms with van der Waals surface area (Å²) in [7, 11) is 1.78. The number of aliphatic imine (C=N–C) groups is 1. The van der Waals surface area contributed by atoms with Gasteiger partial charge >= 0.3 is 0 Å². The number of amides is 1. The third-order valence-electron chi connectivity index (χ3n) is 4.28. The molecule has 23 heavy (non-hydrogen) atoms. The predicted molar refractivity (Wildman–Crippen MR) is 96.7 cm³/mol. The van der Waals surface area contributed by atoms with Crippen LogP contribution in [0.5, 0.6) is 0 Å². The first-order valence-electron chi connectivity index (χ1n) is 8.03. The summed E-state index contributed by atoms with van der Waals surface area (Å²) in [5, 5.41) is 0. The van der Waals surface area contributed by atoms with Gasteiger partial charge in [0.15, 0.2) is 0 Å². The highest BCUT2D eigenvalue weighted by Gasteiger charge is 2.30. The maximum absolute atomic E-state index is 12.2. The van der Waals surface area contributed by atoms with Gasteiger partial charge in [-0.3, -0.25) is 9.69 Å². The Morgan fingerprint density at radius 2 is 1.48 bits per heavy atom. The molecular formula is C20H24N2O. The number of benzene rings is 2. The topological polar surface area (TPSA) is 32.7 Å². The lowest BCUT2D eigenvalue weighted by Gasteiger charge is -2.12. The normalized spacial score (nSPS) is 14.6. The molecular weight excluding hydrogens is 284 g/mol. The van der Waals surface area contributed by atoms with Crippen molar-refractivity contribution in [2.45, 2.75) is 34.6 Å². The predicted octanol–water partition coefficient (Wildman–Crippen LogP) is 4.80. The van der Waals surface area contributed by atoms with Crippen LogP contribution >= 0.6 is 0 Å². The van der Waals surface area contributed by atoms with Gasteiger partial charge in [0, 0.05) is 12.6 Å². The molecule has 0 bridgehead atoms. The van der Waals surface area contributed by atoms with E-state index in [1.54, 1.807) is 11.9 Å². The number of nitrogens with zero attached hydrogens (tertiary/aromatic N) is 2. The van der Waals surface area contributed by atoms with Crippen molar-refractivity contribution in [3.63, 3.8) is 0 Å². The van der Waals surface area contributed by atoms with Crippen LogP contribution in [0.25, 0.3) is 0 Å². The second kappa shape index (κ2) is 6.78. The molecule has 3 heteroatoms. The van der Waals surface area contributed by atoms with Crippen LogP contribution in [0, 0.1) is 20.8 Å². The first kappa shape index (κ1) is 16.9. The van der Waals surface area contributed by atoms with Gasteiger partial charge in [0.25, 0.3) is 5.91 Å². The van der Waals surface area contributed by atoms with Crippen molar-refractivity contribution in [3.05, 3.63) is 64.2 Å². The average Bonchev–Trinajstić information content (AvgIpc) is 2.82. The zero-order chi connectivity index (χ0) is 17.1. The van der Waals surface area contributed by atoms with Crippen LogP contribution in [0.2, 0.25) is 0 Å². The fourth-order valence-electron chi connectivity index (χ4n) is 2.63. The molecule has 1 aliphatic heterocycles. The molecule has 0 unspecified atom stereocenters. The quantitative estimate of drug-likeness (QED) is 0.744. The van der Waals surface area contributed by atoms with E-state index in [0.717, 1.165) is 28.2 Å². The Morgan fingerprint density at radius 1 is 0.870 bits per heavy atom. The average molecular weight is 308 g/mol. The molecule has 0 aliphatic carbocycles. The first-order chi connectivity index (χ1) is 11.0. The van der Waals surface area contributed by atoms with E-state index in [1.165, 1.54) is 11.1 Å². The highest BCUT2D eigenvalue weighted by Crippen LogP contribution is 2.28. The molecule has 0 atom stereocenters. The molecule has 0 N–H and O–H groups in total. The minimum Gasteiger partial charge on any atom is -0.295 e. The second-order valence-electron chi connectivity index (χ2n) is 5.50. The Bertz CT molecular complexity index is 775. The first-order valence-corrected chi connectivity index (χ1v) is 8.03. The van der Waals surface area contributed by atoms with Gasteiger partial charge in [-0.25, -0.2) is 4.99 Å². The molecule has 3 rings (SSSR count). The summed E-state index contributed by atoms with van der Waals surface area (Å²) in [4.78, 5) is 18.6. The van der Waals surface area contributed by atoms with E-state index in [-0.39, 0.29) is 5.91 Å². The van der Waals surface area contributed by atoms with Gasteiger partial charge in [0.05, 0.1) is 11.3 Å². The van der Waals surface area contributed by atoms with E-state index in [1.807, 2.05) is 44.2 Å². The smallest absolute Gasteiger partial charge is 0.259 e. The van der Waals surface area contributed by atoms with Crippen molar-refractivity contribution in [1.29, 1.82) is 0 Å². The summed E-state index contributed by atoms with van der Waals surface area (Å²) in [6.45, 7) is 10.3. The lowest BCUT2D eigenvalue weighted by atomic mass is 10.0. The van der Waals surface area contributed by atoms with Gasteiger partial charge in [-0.05, 0) is 49.6 Å². The highest BCUT2D eigenvalue weighted by atomic mass is 16.2. The Kier molecular flexibility index (Phi) is 4.99. The molecule has 2 aromatic carbocycles.